The Morgan fingerprint density at radius 2 is 2.26 bits per heavy atom. The maximum atomic E-state index is 13.0. The van der Waals surface area contributed by atoms with E-state index >= 15 is 0 Å². The molecule has 0 saturated carbocycles. The van der Waals surface area contributed by atoms with Crippen molar-refractivity contribution in [1.29, 1.82) is 0 Å². The van der Waals surface area contributed by atoms with Crippen molar-refractivity contribution in [2.24, 2.45) is 5.73 Å². The first-order chi connectivity index (χ1) is 8.91. The molecule has 1 saturated heterocycles. The minimum atomic E-state index is -4.39. The van der Waals surface area contributed by atoms with Gasteiger partial charge in [-0.1, -0.05) is 0 Å². The van der Waals surface area contributed by atoms with Crippen LogP contribution in [-0.2, 0) is 6.18 Å². The second-order valence-corrected chi connectivity index (χ2v) is 5.76. The molecular formula is C12H16F3N3S. The van der Waals surface area contributed by atoms with Crippen LogP contribution in [0.2, 0.25) is 0 Å². The van der Waals surface area contributed by atoms with E-state index in [4.69, 9.17) is 5.73 Å². The zero-order valence-corrected chi connectivity index (χ0v) is 11.3. The molecule has 0 radical (unpaired) electrons. The summed E-state index contributed by atoms with van der Waals surface area (Å²) in [7, 11) is 1.90. The third kappa shape index (κ3) is 3.21. The number of alkyl halides is 3. The molecule has 2 atom stereocenters. The topological polar surface area (TPSA) is 42.1 Å². The Morgan fingerprint density at radius 3 is 2.89 bits per heavy atom. The summed E-state index contributed by atoms with van der Waals surface area (Å²) in [5.74, 6) is 1.72. The van der Waals surface area contributed by atoms with Gasteiger partial charge in [0.1, 0.15) is 0 Å². The SMILES string of the molecule is CN1CCSCC1C(N)c1cnccc1C(F)(F)F. The molecule has 2 rings (SSSR count). The third-order valence-corrected chi connectivity index (χ3v) is 4.42. The van der Waals surface area contributed by atoms with E-state index in [-0.39, 0.29) is 11.6 Å². The van der Waals surface area contributed by atoms with Crippen LogP contribution >= 0.6 is 11.8 Å². The van der Waals surface area contributed by atoms with Gasteiger partial charge < -0.3 is 5.73 Å². The number of likely N-dealkylation sites (N-methyl/N-ethyl adjacent to an activating group) is 1. The van der Waals surface area contributed by atoms with E-state index in [2.05, 4.69) is 4.98 Å². The third-order valence-electron chi connectivity index (χ3n) is 3.37. The Hall–Kier alpha value is -0.790. The van der Waals surface area contributed by atoms with Crippen LogP contribution in [0.3, 0.4) is 0 Å². The van der Waals surface area contributed by atoms with Crippen LogP contribution in [0, 0.1) is 0 Å². The predicted octanol–water partition coefficient (Wildman–Crippen LogP) is 2.15. The lowest BCUT2D eigenvalue weighted by atomic mass is 9.97. The molecule has 106 valence electrons. The summed E-state index contributed by atoms with van der Waals surface area (Å²) >= 11 is 1.72. The monoisotopic (exact) mass is 291 g/mol. The van der Waals surface area contributed by atoms with Crippen molar-refractivity contribution in [3.8, 4) is 0 Å². The van der Waals surface area contributed by atoms with Crippen LogP contribution in [-0.4, -0.2) is 41.0 Å². The molecule has 1 aromatic heterocycles. The van der Waals surface area contributed by atoms with Gasteiger partial charge in [-0.2, -0.15) is 24.9 Å². The number of pyridine rings is 1. The number of nitrogens with two attached hydrogens (primary N) is 1. The van der Waals surface area contributed by atoms with Crippen LogP contribution in [0.4, 0.5) is 13.2 Å². The van der Waals surface area contributed by atoms with E-state index < -0.39 is 17.8 Å². The molecule has 2 unspecified atom stereocenters. The maximum absolute atomic E-state index is 13.0. The molecule has 2 N–H and O–H groups in total. The highest BCUT2D eigenvalue weighted by atomic mass is 32.2. The van der Waals surface area contributed by atoms with Crippen molar-refractivity contribution < 1.29 is 13.2 Å². The Morgan fingerprint density at radius 1 is 1.53 bits per heavy atom. The summed E-state index contributed by atoms with van der Waals surface area (Å²) in [6, 6.07) is 0.220. The number of thioether (sulfide) groups is 1. The van der Waals surface area contributed by atoms with Crippen LogP contribution in [0.15, 0.2) is 18.5 Å². The molecule has 1 aromatic rings. The second kappa shape index (κ2) is 5.68. The largest absolute Gasteiger partial charge is 0.416 e. The van der Waals surface area contributed by atoms with Crippen LogP contribution in [0.5, 0.6) is 0 Å². The fourth-order valence-electron chi connectivity index (χ4n) is 2.22. The predicted molar refractivity (Wildman–Crippen MR) is 69.9 cm³/mol. The highest BCUT2D eigenvalue weighted by Crippen LogP contribution is 2.35. The molecule has 1 aliphatic rings. The zero-order valence-electron chi connectivity index (χ0n) is 10.5. The van der Waals surface area contributed by atoms with Gasteiger partial charge >= 0.3 is 6.18 Å². The highest BCUT2D eigenvalue weighted by molar-refractivity contribution is 7.99. The first-order valence-corrected chi connectivity index (χ1v) is 7.11. The number of halogens is 3. The van der Waals surface area contributed by atoms with Crippen molar-refractivity contribution in [3.63, 3.8) is 0 Å². The first-order valence-electron chi connectivity index (χ1n) is 5.96. The molecule has 3 nitrogen and oxygen atoms in total. The molecular weight excluding hydrogens is 275 g/mol. The molecule has 0 aromatic carbocycles. The molecule has 0 amide bonds. The highest BCUT2D eigenvalue weighted by Gasteiger charge is 2.37. The van der Waals surface area contributed by atoms with E-state index in [1.165, 1.54) is 6.20 Å². The molecule has 7 heteroatoms. The van der Waals surface area contributed by atoms with Gasteiger partial charge in [0.2, 0.25) is 0 Å². The summed E-state index contributed by atoms with van der Waals surface area (Å²) < 4.78 is 38.9. The molecule has 1 aliphatic heterocycles. The van der Waals surface area contributed by atoms with Gasteiger partial charge in [-0.3, -0.25) is 9.88 Å². The summed E-state index contributed by atoms with van der Waals surface area (Å²) in [6.45, 7) is 0.838. The van der Waals surface area contributed by atoms with Crippen molar-refractivity contribution >= 4 is 11.8 Å². The van der Waals surface area contributed by atoms with Gasteiger partial charge in [-0.15, -0.1) is 0 Å². The van der Waals surface area contributed by atoms with E-state index in [1.54, 1.807) is 11.8 Å². The van der Waals surface area contributed by atoms with Gasteiger partial charge in [0.15, 0.2) is 0 Å². The standard InChI is InChI=1S/C12H16F3N3S/c1-18-4-5-19-7-10(18)11(16)8-6-17-3-2-9(8)12(13,14)15/h2-3,6,10-11H,4-5,7,16H2,1H3. The van der Waals surface area contributed by atoms with Crippen LogP contribution < -0.4 is 5.73 Å². The molecule has 0 bridgehead atoms. The maximum Gasteiger partial charge on any atom is 0.416 e. The Kier molecular flexibility index (Phi) is 4.37. The Bertz CT molecular complexity index is 438. The summed E-state index contributed by atoms with van der Waals surface area (Å²) in [5.41, 5.74) is 5.46. The van der Waals surface area contributed by atoms with Crippen molar-refractivity contribution in [2.45, 2.75) is 18.3 Å². The van der Waals surface area contributed by atoms with E-state index in [0.29, 0.717) is 0 Å². The van der Waals surface area contributed by atoms with Crippen LogP contribution in [0.25, 0.3) is 0 Å². The number of hydrogen-bond donors (Lipinski definition) is 1. The summed E-state index contributed by atoms with van der Waals surface area (Å²) in [4.78, 5) is 5.82. The molecule has 19 heavy (non-hydrogen) atoms. The van der Waals surface area contributed by atoms with Gasteiger partial charge in [0.25, 0.3) is 0 Å². The molecule has 2 heterocycles. The minimum absolute atomic E-state index is 0.0781. The number of aromatic nitrogens is 1. The number of hydrogen-bond acceptors (Lipinski definition) is 4. The quantitative estimate of drug-likeness (QED) is 0.906. The number of nitrogens with zero attached hydrogens (tertiary/aromatic N) is 2. The lowest BCUT2D eigenvalue weighted by Gasteiger charge is -2.36. The molecule has 1 fully saturated rings. The minimum Gasteiger partial charge on any atom is -0.323 e. The summed E-state index contributed by atoms with van der Waals surface area (Å²) in [5, 5.41) is 0. The lowest BCUT2D eigenvalue weighted by Crippen LogP contribution is -2.46. The van der Waals surface area contributed by atoms with E-state index in [0.717, 1.165) is 30.3 Å². The Balaban J connectivity index is 2.30. The van der Waals surface area contributed by atoms with Crippen molar-refractivity contribution in [2.75, 3.05) is 25.1 Å². The second-order valence-electron chi connectivity index (χ2n) is 4.61. The lowest BCUT2D eigenvalue weighted by molar-refractivity contribution is -0.138. The normalized spacial score (nSPS) is 23.3. The zero-order chi connectivity index (χ0) is 14.0. The van der Waals surface area contributed by atoms with Gasteiger partial charge in [0, 0.05) is 48.1 Å². The van der Waals surface area contributed by atoms with Gasteiger partial charge in [0.05, 0.1) is 5.56 Å². The molecule has 0 spiro atoms. The van der Waals surface area contributed by atoms with Crippen LogP contribution in [0.1, 0.15) is 17.2 Å². The fourth-order valence-corrected chi connectivity index (χ4v) is 3.51. The average molecular weight is 291 g/mol. The van der Waals surface area contributed by atoms with Crippen molar-refractivity contribution in [3.05, 3.63) is 29.6 Å². The average Bonchev–Trinajstić information content (AvgIpc) is 2.37. The van der Waals surface area contributed by atoms with E-state index in [9.17, 15) is 13.2 Å². The van der Waals surface area contributed by atoms with E-state index in [1.807, 2.05) is 11.9 Å². The Labute approximate surface area is 114 Å². The van der Waals surface area contributed by atoms with Gasteiger partial charge in [-0.25, -0.2) is 0 Å². The number of rotatable bonds is 2. The fraction of sp³-hybridized carbons (Fsp3) is 0.583. The summed E-state index contributed by atoms with van der Waals surface area (Å²) in [6.07, 6.45) is -2.00. The smallest absolute Gasteiger partial charge is 0.323 e. The first kappa shape index (κ1) is 14.6. The molecule has 0 aliphatic carbocycles. The van der Waals surface area contributed by atoms with Gasteiger partial charge in [-0.05, 0) is 13.1 Å². The van der Waals surface area contributed by atoms with Crippen molar-refractivity contribution in [1.82, 2.24) is 9.88 Å².